The number of nitrogens with two attached hydrogens (primary N) is 1. The number of benzene rings is 2. The zero-order valence-corrected chi connectivity index (χ0v) is 16.4. The lowest BCUT2D eigenvalue weighted by atomic mass is 10.0. The molecule has 0 aliphatic carbocycles. The molecule has 2 aromatic rings. The Bertz CT molecular complexity index is 842. The molecule has 6 nitrogen and oxygen atoms in total. The molecule has 5 N–H and O–H groups in total. The van der Waals surface area contributed by atoms with E-state index < -0.39 is 12.0 Å². The van der Waals surface area contributed by atoms with E-state index in [2.05, 4.69) is 11.9 Å². The van der Waals surface area contributed by atoms with Crippen molar-refractivity contribution < 1.29 is 14.6 Å². The predicted octanol–water partition coefficient (Wildman–Crippen LogP) is 4.50. The van der Waals surface area contributed by atoms with E-state index >= 15 is 0 Å². The fourth-order valence-corrected chi connectivity index (χ4v) is 2.84. The molecule has 0 heterocycles. The Balaban J connectivity index is 0.00000364. The van der Waals surface area contributed by atoms with Gasteiger partial charge in [-0.15, -0.1) is 12.4 Å². The van der Waals surface area contributed by atoms with Gasteiger partial charge in [0.05, 0.1) is 5.02 Å². The highest BCUT2D eigenvalue weighted by molar-refractivity contribution is 6.35. The molecule has 0 aromatic heterocycles. The summed E-state index contributed by atoms with van der Waals surface area (Å²) < 4.78 is 5.53. The first kappa shape index (κ1) is 22.6. The molecule has 2 rings (SSSR count). The van der Waals surface area contributed by atoms with Gasteiger partial charge >= 0.3 is 5.97 Å². The molecule has 27 heavy (non-hydrogen) atoms. The van der Waals surface area contributed by atoms with Crippen LogP contribution in [0.15, 0.2) is 49.1 Å². The third kappa shape index (κ3) is 5.79. The first-order valence-electron chi connectivity index (χ1n) is 7.50. The van der Waals surface area contributed by atoms with Gasteiger partial charge in [0, 0.05) is 21.8 Å². The number of halogens is 3. The molecule has 2 aromatic carbocycles. The van der Waals surface area contributed by atoms with E-state index in [0.29, 0.717) is 11.3 Å². The highest BCUT2D eigenvalue weighted by Gasteiger charge is 2.26. The molecule has 0 aliphatic rings. The Kier molecular flexibility index (Phi) is 8.43. The number of rotatable bonds is 8. The second-order valence-electron chi connectivity index (χ2n) is 5.31. The Hall–Kier alpha value is -2.41. The summed E-state index contributed by atoms with van der Waals surface area (Å²) in [5.74, 6) is -0.994. The van der Waals surface area contributed by atoms with Crippen molar-refractivity contribution in [2.75, 3.05) is 11.9 Å². The van der Waals surface area contributed by atoms with E-state index in [1.807, 2.05) is 0 Å². The monoisotopic (exact) mass is 429 g/mol. The molecule has 9 heteroatoms. The quantitative estimate of drug-likeness (QED) is 0.280. The number of anilines is 1. The first-order chi connectivity index (χ1) is 12.3. The Morgan fingerprint density at radius 2 is 1.96 bits per heavy atom. The minimum Gasteiger partial charge on any atom is -0.488 e. The van der Waals surface area contributed by atoms with Crippen molar-refractivity contribution in [1.29, 1.82) is 5.41 Å². The summed E-state index contributed by atoms with van der Waals surface area (Å²) in [4.78, 5) is 11.8. The molecule has 1 unspecified atom stereocenters. The van der Waals surface area contributed by atoms with Gasteiger partial charge in [-0.3, -0.25) is 5.41 Å². The summed E-state index contributed by atoms with van der Waals surface area (Å²) >= 11 is 12.2. The molecule has 0 saturated carbocycles. The number of carbonyl (C=O) groups is 1. The van der Waals surface area contributed by atoms with E-state index in [9.17, 15) is 9.90 Å². The molecule has 0 fully saturated rings. The topological polar surface area (TPSA) is 108 Å². The van der Waals surface area contributed by atoms with Crippen LogP contribution in [-0.2, 0) is 4.79 Å². The molecule has 144 valence electrons. The third-order valence-electron chi connectivity index (χ3n) is 3.45. The van der Waals surface area contributed by atoms with Gasteiger partial charge in [0.1, 0.15) is 18.2 Å². The molecule has 0 radical (unpaired) electrons. The van der Waals surface area contributed by atoms with Crippen molar-refractivity contribution in [3.8, 4) is 5.75 Å². The normalized spacial score (nSPS) is 11.0. The van der Waals surface area contributed by atoms with E-state index in [-0.39, 0.29) is 46.2 Å². The SMILES string of the molecule is C=CCOc1c(Cl)cc(Cl)cc1C(Nc1ccc(C(=N)N)cc1)C(=O)O.Cl. The smallest absolute Gasteiger partial charge is 0.330 e. The standard InChI is InChI=1S/C18H17Cl2N3O3.ClH/c1-2-7-26-16-13(8-11(19)9-14(16)20)15(18(24)25)23-12-5-3-10(4-6-12)17(21)22;/h2-6,8-9,15,23H,1,7H2,(H3,21,22)(H,24,25);1H. The highest BCUT2D eigenvalue weighted by atomic mass is 35.5. The number of aliphatic carboxylic acids is 1. The number of hydrogen-bond acceptors (Lipinski definition) is 4. The van der Waals surface area contributed by atoms with Crippen LogP contribution in [0.3, 0.4) is 0 Å². The van der Waals surface area contributed by atoms with Gasteiger partial charge in [0.25, 0.3) is 0 Å². The number of nitrogen functional groups attached to an aromatic ring is 1. The van der Waals surface area contributed by atoms with Gasteiger partial charge in [-0.1, -0.05) is 35.9 Å². The van der Waals surface area contributed by atoms with Gasteiger partial charge in [-0.05, 0) is 36.4 Å². The number of nitrogens with one attached hydrogen (secondary N) is 2. The summed E-state index contributed by atoms with van der Waals surface area (Å²) in [7, 11) is 0. The average Bonchev–Trinajstić information content (AvgIpc) is 2.58. The number of amidine groups is 1. The van der Waals surface area contributed by atoms with E-state index in [4.69, 9.17) is 39.1 Å². The lowest BCUT2D eigenvalue weighted by Gasteiger charge is -2.20. The van der Waals surface area contributed by atoms with E-state index in [1.54, 1.807) is 24.3 Å². The van der Waals surface area contributed by atoms with Crippen molar-refractivity contribution in [2.45, 2.75) is 6.04 Å². The van der Waals surface area contributed by atoms with Crippen LogP contribution in [0.1, 0.15) is 17.2 Å². The van der Waals surface area contributed by atoms with Gasteiger partial charge in [0.15, 0.2) is 6.04 Å². The van der Waals surface area contributed by atoms with Crippen LogP contribution in [0.5, 0.6) is 5.75 Å². The lowest BCUT2D eigenvalue weighted by Crippen LogP contribution is -2.21. The number of carboxylic acid groups (broad SMARTS) is 1. The fraction of sp³-hybridized carbons (Fsp3) is 0.111. The van der Waals surface area contributed by atoms with E-state index in [0.717, 1.165) is 0 Å². The van der Waals surface area contributed by atoms with Crippen LogP contribution in [0.25, 0.3) is 0 Å². The van der Waals surface area contributed by atoms with E-state index in [1.165, 1.54) is 18.2 Å². The van der Waals surface area contributed by atoms with Crippen LogP contribution in [0.2, 0.25) is 10.0 Å². The summed E-state index contributed by atoms with van der Waals surface area (Å²) in [5.41, 5.74) is 6.76. The van der Waals surface area contributed by atoms with Crippen LogP contribution >= 0.6 is 35.6 Å². The van der Waals surface area contributed by atoms with Crippen LogP contribution in [0, 0.1) is 5.41 Å². The minimum atomic E-state index is -1.16. The van der Waals surface area contributed by atoms with Crippen molar-refractivity contribution in [2.24, 2.45) is 5.73 Å². The van der Waals surface area contributed by atoms with Gasteiger partial charge in [-0.2, -0.15) is 0 Å². The number of ether oxygens (including phenoxy) is 1. The summed E-state index contributed by atoms with van der Waals surface area (Å²) in [5, 5.41) is 20.5. The Morgan fingerprint density at radius 1 is 1.33 bits per heavy atom. The summed E-state index contributed by atoms with van der Waals surface area (Å²) in [6.07, 6.45) is 1.53. The molecule has 0 amide bonds. The zero-order chi connectivity index (χ0) is 19.3. The third-order valence-corrected chi connectivity index (χ3v) is 3.95. The first-order valence-corrected chi connectivity index (χ1v) is 8.25. The Labute approximate surface area is 172 Å². The molecule has 0 aliphatic heterocycles. The second kappa shape index (κ2) is 10.1. The molecule has 0 spiro atoms. The number of hydrogen-bond donors (Lipinski definition) is 4. The van der Waals surface area contributed by atoms with Gasteiger partial charge in [0.2, 0.25) is 0 Å². The van der Waals surface area contributed by atoms with Crippen molar-refractivity contribution in [3.63, 3.8) is 0 Å². The minimum absolute atomic E-state index is 0. The summed E-state index contributed by atoms with van der Waals surface area (Å²) in [6.45, 7) is 3.73. The largest absolute Gasteiger partial charge is 0.488 e. The molecule has 1 atom stereocenters. The average molecular weight is 431 g/mol. The molecular formula is C18H18Cl3N3O3. The lowest BCUT2D eigenvalue weighted by molar-refractivity contribution is -0.138. The highest BCUT2D eigenvalue weighted by Crippen LogP contribution is 2.37. The van der Waals surface area contributed by atoms with Gasteiger partial charge < -0.3 is 20.9 Å². The van der Waals surface area contributed by atoms with Crippen LogP contribution in [0.4, 0.5) is 5.69 Å². The van der Waals surface area contributed by atoms with Crippen LogP contribution in [-0.4, -0.2) is 23.5 Å². The zero-order valence-electron chi connectivity index (χ0n) is 14.0. The van der Waals surface area contributed by atoms with Crippen molar-refractivity contribution in [3.05, 3.63) is 70.2 Å². The maximum Gasteiger partial charge on any atom is 0.330 e. The van der Waals surface area contributed by atoms with Crippen LogP contribution < -0.4 is 15.8 Å². The molecular weight excluding hydrogens is 413 g/mol. The summed E-state index contributed by atoms with van der Waals surface area (Å²) in [6, 6.07) is 8.29. The van der Waals surface area contributed by atoms with Gasteiger partial charge in [-0.25, -0.2) is 4.79 Å². The molecule has 0 saturated heterocycles. The van der Waals surface area contributed by atoms with Crippen molar-refractivity contribution in [1.82, 2.24) is 0 Å². The second-order valence-corrected chi connectivity index (χ2v) is 6.16. The maximum atomic E-state index is 11.8. The maximum absolute atomic E-state index is 11.8. The van der Waals surface area contributed by atoms with Crippen molar-refractivity contribution >= 4 is 53.1 Å². The predicted molar refractivity (Wildman–Crippen MR) is 111 cm³/mol. The molecule has 0 bridgehead atoms. The number of carboxylic acids is 1. The fourth-order valence-electron chi connectivity index (χ4n) is 2.27. The Morgan fingerprint density at radius 3 is 2.48 bits per heavy atom.